The molecule has 9 heteroatoms. The Bertz CT molecular complexity index is 684. The van der Waals surface area contributed by atoms with Crippen molar-refractivity contribution in [2.75, 3.05) is 58.7 Å². The minimum atomic E-state index is -1.01. The van der Waals surface area contributed by atoms with E-state index in [0.717, 1.165) is 0 Å². The number of hydrogen-bond acceptors (Lipinski definition) is 6. The quantitative estimate of drug-likeness (QED) is 0.539. The lowest BCUT2D eigenvalue weighted by molar-refractivity contribution is -0.144. The highest BCUT2D eigenvalue weighted by Crippen LogP contribution is 2.16. The number of rotatable bonds is 8. The summed E-state index contributed by atoms with van der Waals surface area (Å²) in [6.07, 6.45) is -0.129. The molecular weight excluding hydrogens is 364 g/mol. The number of aromatic hydroxyl groups is 1. The average Bonchev–Trinajstić information content (AvgIpc) is 2.64. The fourth-order valence-electron chi connectivity index (χ4n) is 2.98. The SMILES string of the molecule is CN(C)C(=O)CN1CCN(CC(CC(=O)Nc2ccc(O)cc2)C(=O)O)CC1. The van der Waals surface area contributed by atoms with Gasteiger partial charge in [0.2, 0.25) is 11.8 Å². The van der Waals surface area contributed by atoms with Crippen LogP contribution in [-0.2, 0) is 14.4 Å². The van der Waals surface area contributed by atoms with Crippen molar-refractivity contribution in [1.82, 2.24) is 14.7 Å². The fraction of sp³-hybridized carbons (Fsp3) is 0.526. The molecule has 3 N–H and O–H groups in total. The molecule has 1 saturated heterocycles. The minimum Gasteiger partial charge on any atom is -0.508 e. The minimum absolute atomic E-state index is 0.0442. The third-order valence-electron chi connectivity index (χ3n) is 4.73. The van der Waals surface area contributed by atoms with Crippen molar-refractivity contribution in [2.45, 2.75) is 6.42 Å². The van der Waals surface area contributed by atoms with Gasteiger partial charge in [-0.15, -0.1) is 0 Å². The number of likely N-dealkylation sites (N-methyl/N-ethyl adjacent to an activating group) is 1. The normalized spacial score (nSPS) is 16.4. The number of carbonyl (C=O) groups excluding carboxylic acids is 2. The molecule has 0 aliphatic carbocycles. The van der Waals surface area contributed by atoms with Crippen molar-refractivity contribution in [3.63, 3.8) is 0 Å². The van der Waals surface area contributed by atoms with E-state index in [2.05, 4.69) is 5.32 Å². The first kappa shape index (κ1) is 21.6. The second-order valence-electron chi connectivity index (χ2n) is 7.20. The number of phenolic OH excluding ortho intramolecular Hbond substituents is 1. The topological polar surface area (TPSA) is 113 Å². The summed E-state index contributed by atoms with van der Waals surface area (Å²) in [5.41, 5.74) is 0.506. The zero-order valence-corrected chi connectivity index (χ0v) is 16.3. The van der Waals surface area contributed by atoms with E-state index in [0.29, 0.717) is 38.4 Å². The molecule has 1 aliphatic heterocycles. The number of hydrogen-bond donors (Lipinski definition) is 3. The molecule has 1 unspecified atom stereocenters. The molecule has 0 spiro atoms. The summed E-state index contributed by atoms with van der Waals surface area (Å²) in [5, 5.41) is 21.4. The van der Waals surface area contributed by atoms with Gasteiger partial charge in [0.1, 0.15) is 5.75 Å². The summed E-state index contributed by atoms with van der Waals surface area (Å²) in [4.78, 5) is 41.2. The van der Waals surface area contributed by atoms with Crippen molar-refractivity contribution in [1.29, 1.82) is 0 Å². The van der Waals surface area contributed by atoms with Gasteiger partial charge in [-0.25, -0.2) is 0 Å². The summed E-state index contributed by atoms with van der Waals surface area (Å²) >= 11 is 0. The number of anilines is 1. The molecule has 1 aromatic carbocycles. The molecule has 0 radical (unpaired) electrons. The molecule has 0 saturated carbocycles. The Morgan fingerprint density at radius 1 is 1.07 bits per heavy atom. The van der Waals surface area contributed by atoms with Crippen LogP contribution in [0.4, 0.5) is 5.69 Å². The Hall–Kier alpha value is -2.65. The van der Waals surface area contributed by atoms with Crippen molar-refractivity contribution in [3.05, 3.63) is 24.3 Å². The van der Waals surface area contributed by atoms with Crippen molar-refractivity contribution < 1.29 is 24.6 Å². The van der Waals surface area contributed by atoms with E-state index in [1.54, 1.807) is 31.1 Å². The molecule has 0 aromatic heterocycles. The Morgan fingerprint density at radius 3 is 2.18 bits per heavy atom. The molecule has 2 amide bonds. The van der Waals surface area contributed by atoms with Crippen molar-refractivity contribution in [2.24, 2.45) is 5.92 Å². The lowest BCUT2D eigenvalue weighted by Crippen LogP contribution is -2.50. The number of carbonyl (C=O) groups is 3. The van der Waals surface area contributed by atoms with Crippen LogP contribution in [0.2, 0.25) is 0 Å². The van der Waals surface area contributed by atoms with E-state index in [-0.39, 0.29) is 30.5 Å². The molecule has 28 heavy (non-hydrogen) atoms. The lowest BCUT2D eigenvalue weighted by Gasteiger charge is -2.35. The van der Waals surface area contributed by atoms with E-state index >= 15 is 0 Å². The van der Waals surface area contributed by atoms with Crippen LogP contribution in [0, 0.1) is 5.92 Å². The van der Waals surface area contributed by atoms with Gasteiger partial charge in [0.05, 0.1) is 12.5 Å². The van der Waals surface area contributed by atoms with E-state index in [4.69, 9.17) is 0 Å². The largest absolute Gasteiger partial charge is 0.508 e. The van der Waals surface area contributed by atoms with Gasteiger partial charge >= 0.3 is 5.97 Å². The standard InChI is InChI=1S/C19H28N4O5/c1-21(2)18(26)13-23-9-7-22(8-10-23)12-14(19(27)28)11-17(25)20-15-3-5-16(24)6-4-15/h3-6,14,24H,7-13H2,1-2H3,(H,20,25)(H,27,28). The number of carboxylic acids is 1. The summed E-state index contributed by atoms with van der Waals surface area (Å²) < 4.78 is 0. The third-order valence-corrected chi connectivity index (χ3v) is 4.73. The zero-order valence-electron chi connectivity index (χ0n) is 16.3. The van der Waals surface area contributed by atoms with Gasteiger partial charge in [0.25, 0.3) is 0 Å². The number of piperazine rings is 1. The summed E-state index contributed by atoms with van der Waals surface area (Å²) in [5.74, 6) is -2.07. The highest BCUT2D eigenvalue weighted by Gasteiger charge is 2.27. The second kappa shape index (κ2) is 10.0. The van der Waals surface area contributed by atoms with Gasteiger partial charge in [-0.1, -0.05) is 0 Å². The summed E-state index contributed by atoms with van der Waals surface area (Å²) in [6.45, 7) is 3.33. The molecule has 9 nitrogen and oxygen atoms in total. The number of nitrogens with zero attached hydrogens (tertiary/aromatic N) is 3. The predicted octanol–water partition coefficient (Wildman–Crippen LogP) is 0.127. The molecule has 2 rings (SSSR count). The average molecular weight is 392 g/mol. The van der Waals surface area contributed by atoms with E-state index in [1.165, 1.54) is 12.1 Å². The highest BCUT2D eigenvalue weighted by molar-refractivity contribution is 5.93. The van der Waals surface area contributed by atoms with Crippen molar-refractivity contribution in [3.8, 4) is 5.75 Å². The van der Waals surface area contributed by atoms with Crippen LogP contribution in [-0.4, -0.2) is 96.1 Å². The molecule has 1 heterocycles. The maximum atomic E-state index is 12.2. The molecule has 1 fully saturated rings. The van der Waals surface area contributed by atoms with Gasteiger partial charge in [-0.2, -0.15) is 0 Å². The summed E-state index contributed by atoms with van der Waals surface area (Å²) in [6, 6.07) is 6.00. The molecule has 1 aliphatic rings. The van der Waals surface area contributed by atoms with Gasteiger partial charge in [-0.3, -0.25) is 24.2 Å². The maximum Gasteiger partial charge on any atom is 0.308 e. The van der Waals surface area contributed by atoms with Gasteiger partial charge in [0.15, 0.2) is 0 Å². The lowest BCUT2D eigenvalue weighted by atomic mass is 10.0. The van der Waals surface area contributed by atoms with Crippen LogP contribution in [0.15, 0.2) is 24.3 Å². The number of phenols is 1. The number of benzene rings is 1. The zero-order chi connectivity index (χ0) is 20.7. The summed E-state index contributed by atoms with van der Waals surface area (Å²) in [7, 11) is 3.44. The Morgan fingerprint density at radius 2 is 1.64 bits per heavy atom. The number of nitrogens with one attached hydrogen (secondary N) is 1. The van der Waals surface area contributed by atoms with Crippen LogP contribution in [0.25, 0.3) is 0 Å². The van der Waals surface area contributed by atoms with Crippen LogP contribution in [0.3, 0.4) is 0 Å². The van der Waals surface area contributed by atoms with Crippen LogP contribution in [0.1, 0.15) is 6.42 Å². The van der Waals surface area contributed by atoms with E-state index in [1.807, 2.05) is 9.80 Å². The Kier molecular flexibility index (Phi) is 7.77. The van der Waals surface area contributed by atoms with Crippen LogP contribution in [0.5, 0.6) is 5.75 Å². The maximum absolute atomic E-state index is 12.2. The van der Waals surface area contributed by atoms with Crippen LogP contribution >= 0.6 is 0 Å². The van der Waals surface area contributed by atoms with Gasteiger partial charge in [0, 0.05) is 58.9 Å². The Labute approximate surface area is 164 Å². The predicted molar refractivity (Wildman–Crippen MR) is 104 cm³/mol. The van der Waals surface area contributed by atoms with E-state index < -0.39 is 11.9 Å². The first-order chi connectivity index (χ1) is 13.2. The van der Waals surface area contributed by atoms with Gasteiger partial charge in [-0.05, 0) is 24.3 Å². The second-order valence-corrected chi connectivity index (χ2v) is 7.20. The van der Waals surface area contributed by atoms with Gasteiger partial charge < -0.3 is 20.4 Å². The van der Waals surface area contributed by atoms with Crippen LogP contribution < -0.4 is 5.32 Å². The molecule has 0 bridgehead atoms. The smallest absolute Gasteiger partial charge is 0.308 e. The molecule has 154 valence electrons. The number of aliphatic carboxylic acids is 1. The van der Waals surface area contributed by atoms with E-state index in [9.17, 15) is 24.6 Å². The molecule has 1 atom stereocenters. The first-order valence-corrected chi connectivity index (χ1v) is 9.21. The monoisotopic (exact) mass is 392 g/mol. The fourth-order valence-corrected chi connectivity index (χ4v) is 2.98. The molecule has 1 aromatic rings. The van der Waals surface area contributed by atoms with Crippen molar-refractivity contribution >= 4 is 23.5 Å². The Balaban J connectivity index is 1.81. The number of amides is 2. The number of carboxylic acid groups (broad SMARTS) is 1. The highest BCUT2D eigenvalue weighted by atomic mass is 16.4. The first-order valence-electron chi connectivity index (χ1n) is 9.21. The third kappa shape index (κ3) is 6.82. The molecular formula is C19H28N4O5.